The molecule has 0 bridgehead atoms. The van der Waals surface area contributed by atoms with E-state index in [4.69, 9.17) is 4.74 Å². The second-order valence-corrected chi connectivity index (χ2v) is 8.83. The standard InChI is InChI=1S/C21H22N2O4S/c1-13-10-16-18(23-17-4-3-5-19(24)21(16)17)11-20(13)28(25,26)22-12-14-6-8-15(27-2)9-7-14/h6-11,22-23H,3-5,12H2,1-2H3. The number of rotatable bonds is 5. The summed E-state index contributed by atoms with van der Waals surface area (Å²) in [4.78, 5) is 15.8. The van der Waals surface area contributed by atoms with Crippen molar-refractivity contribution >= 4 is 26.7 Å². The van der Waals surface area contributed by atoms with E-state index in [0.717, 1.165) is 40.8 Å². The van der Waals surface area contributed by atoms with E-state index in [1.165, 1.54) is 0 Å². The van der Waals surface area contributed by atoms with E-state index in [2.05, 4.69) is 9.71 Å². The number of hydrogen-bond acceptors (Lipinski definition) is 4. The molecule has 6 nitrogen and oxygen atoms in total. The zero-order valence-electron chi connectivity index (χ0n) is 15.8. The van der Waals surface area contributed by atoms with Crippen molar-refractivity contribution in [3.63, 3.8) is 0 Å². The molecule has 0 saturated carbocycles. The average molecular weight is 398 g/mol. The largest absolute Gasteiger partial charge is 0.497 e. The minimum absolute atomic E-state index is 0.125. The van der Waals surface area contributed by atoms with Crippen LogP contribution in [0, 0.1) is 6.92 Å². The Balaban J connectivity index is 1.65. The number of ether oxygens (including phenoxy) is 1. The van der Waals surface area contributed by atoms with Crippen LogP contribution in [0.4, 0.5) is 0 Å². The van der Waals surface area contributed by atoms with Crippen molar-refractivity contribution in [1.29, 1.82) is 0 Å². The fourth-order valence-corrected chi connectivity index (χ4v) is 5.00. The predicted molar refractivity (Wildman–Crippen MR) is 107 cm³/mol. The van der Waals surface area contributed by atoms with Crippen molar-refractivity contribution < 1.29 is 17.9 Å². The molecule has 0 aliphatic heterocycles. The SMILES string of the molecule is COc1ccc(CNS(=O)(=O)c2cc3[nH]c4c(c3cc2C)C(=O)CCC4)cc1. The Labute approximate surface area is 164 Å². The molecule has 0 radical (unpaired) electrons. The van der Waals surface area contributed by atoms with Gasteiger partial charge in [0, 0.05) is 35.1 Å². The molecule has 0 unspecified atom stereocenters. The molecule has 1 heterocycles. The lowest BCUT2D eigenvalue weighted by Gasteiger charge is -2.11. The number of hydrogen-bond donors (Lipinski definition) is 2. The second-order valence-electron chi connectivity index (χ2n) is 7.09. The van der Waals surface area contributed by atoms with Gasteiger partial charge in [-0.3, -0.25) is 4.79 Å². The quantitative estimate of drug-likeness (QED) is 0.689. The number of nitrogens with one attached hydrogen (secondary N) is 2. The van der Waals surface area contributed by atoms with Crippen molar-refractivity contribution in [2.24, 2.45) is 0 Å². The topological polar surface area (TPSA) is 88.3 Å². The minimum Gasteiger partial charge on any atom is -0.497 e. The molecule has 1 aromatic heterocycles. The summed E-state index contributed by atoms with van der Waals surface area (Å²) in [5, 5.41) is 0.811. The van der Waals surface area contributed by atoms with Gasteiger partial charge in [0.2, 0.25) is 10.0 Å². The maximum absolute atomic E-state index is 12.9. The van der Waals surface area contributed by atoms with E-state index < -0.39 is 10.0 Å². The van der Waals surface area contributed by atoms with Crippen LogP contribution in [0.1, 0.15) is 40.0 Å². The van der Waals surface area contributed by atoms with Crippen LogP contribution >= 0.6 is 0 Å². The highest BCUT2D eigenvalue weighted by Gasteiger charge is 2.25. The lowest BCUT2D eigenvalue weighted by molar-refractivity contribution is 0.0974. The van der Waals surface area contributed by atoms with Gasteiger partial charge in [-0.25, -0.2) is 13.1 Å². The first-order valence-corrected chi connectivity index (χ1v) is 10.7. The summed E-state index contributed by atoms with van der Waals surface area (Å²) in [5.74, 6) is 0.846. The third kappa shape index (κ3) is 3.31. The first kappa shape index (κ1) is 18.7. The summed E-state index contributed by atoms with van der Waals surface area (Å²) in [7, 11) is -2.11. The van der Waals surface area contributed by atoms with Gasteiger partial charge in [-0.1, -0.05) is 12.1 Å². The lowest BCUT2D eigenvalue weighted by atomic mass is 9.94. The molecule has 1 aliphatic rings. The fourth-order valence-electron chi connectivity index (χ4n) is 3.73. The van der Waals surface area contributed by atoms with Crippen LogP contribution in [0.5, 0.6) is 5.75 Å². The van der Waals surface area contributed by atoms with Crippen molar-refractivity contribution in [3.8, 4) is 5.75 Å². The number of H-pyrrole nitrogens is 1. The molecule has 28 heavy (non-hydrogen) atoms. The molecular weight excluding hydrogens is 376 g/mol. The van der Waals surface area contributed by atoms with Gasteiger partial charge in [-0.15, -0.1) is 0 Å². The third-order valence-corrected chi connectivity index (χ3v) is 6.74. The number of carbonyl (C=O) groups excluding carboxylic acids is 1. The highest BCUT2D eigenvalue weighted by Crippen LogP contribution is 2.32. The molecule has 0 fully saturated rings. The van der Waals surface area contributed by atoms with Gasteiger partial charge in [0.05, 0.1) is 12.0 Å². The Morgan fingerprint density at radius 1 is 1.14 bits per heavy atom. The van der Waals surface area contributed by atoms with Crippen molar-refractivity contribution in [2.45, 2.75) is 37.6 Å². The monoisotopic (exact) mass is 398 g/mol. The average Bonchev–Trinajstić information content (AvgIpc) is 3.05. The summed E-state index contributed by atoms with van der Waals surface area (Å²) in [6.45, 7) is 1.94. The van der Waals surface area contributed by atoms with Crippen LogP contribution in [0.15, 0.2) is 41.3 Å². The highest BCUT2D eigenvalue weighted by molar-refractivity contribution is 7.89. The number of carbonyl (C=O) groups is 1. The number of methoxy groups -OCH3 is 1. The number of aromatic amines is 1. The number of Topliss-reactive ketones (excluding diaryl/α,β-unsaturated/α-hetero) is 1. The van der Waals surface area contributed by atoms with Gasteiger partial charge in [-0.05, 0) is 55.2 Å². The third-order valence-electron chi connectivity index (χ3n) is 5.20. The Morgan fingerprint density at radius 2 is 1.89 bits per heavy atom. The zero-order chi connectivity index (χ0) is 19.9. The predicted octanol–water partition coefficient (Wildman–Crippen LogP) is 3.48. The van der Waals surface area contributed by atoms with Crippen molar-refractivity contribution in [2.75, 3.05) is 7.11 Å². The minimum atomic E-state index is -3.70. The molecule has 2 N–H and O–H groups in total. The highest BCUT2D eigenvalue weighted by atomic mass is 32.2. The van der Waals surface area contributed by atoms with E-state index >= 15 is 0 Å². The molecule has 4 rings (SSSR count). The molecular formula is C21H22N2O4S. The number of ketones is 1. The van der Waals surface area contributed by atoms with Crippen LogP contribution in [-0.4, -0.2) is 26.3 Å². The molecule has 2 aromatic carbocycles. The van der Waals surface area contributed by atoms with Crippen LogP contribution in [0.3, 0.4) is 0 Å². The van der Waals surface area contributed by atoms with E-state index in [9.17, 15) is 13.2 Å². The second kappa shape index (κ2) is 7.07. The summed E-state index contributed by atoms with van der Waals surface area (Å²) >= 11 is 0. The summed E-state index contributed by atoms with van der Waals surface area (Å²) in [6, 6.07) is 10.7. The van der Waals surface area contributed by atoms with Crippen LogP contribution in [-0.2, 0) is 23.0 Å². The zero-order valence-corrected chi connectivity index (χ0v) is 16.7. The number of benzene rings is 2. The van der Waals surface area contributed by atoms with Gasteiger partial charge in [0.15, 0.2) is 5.78 Å². The molecule has 1 aliphatic carbocycles. The molecule has 0 spiro atoms. The van der Waals surface area contributed by atoms with Gasteiger partial charge >= 0.3 is 0 Å². The number of aryl methyl sites for hydroxylation is 2. The summed E-state index contributed by atoms with van der Waals surface area (Å²) < 4.78 is 33.5. The van der Waals surface area contributed by atoms with Gasteiger partial charge in [-0.2, -0.15) is 0 Å². The van der Waals surface area contributed by atoms with Gasteiger partial charge in [0.25, 0.3) is 0 Å². The fraction of sp³-hybridized carbons (Fsp3) is 0.286. The molecule has 0 atom stereocenters. The Hall–Kier alpha value is -2.64. The number of sulfonamides is 1. The maximum atomic E-state index is 12.9. The van der Waals surface area contributed by atoms with E-state index in [-0.39, 0.29) is 17.2 Å². The Kier molecular flexibility index (Phi) is 4.72. The first-order chi connectivity index (χ1) is 13.4. The molecule has 3 aromatic rings. The van der Waals surface area contributed by atoms with E-state index in [1.54, 1.807) is 38.3 Å². The normalized spacial score (nSPS) is 14.3. The van der Waals surface area contributed by atoms with Gasteiger partial charge < -0.3 is 9.72 Å². The number of aromatic nitrogens is 1. The Morgan fingerprint density at radius 3 is 2.61 bits per heavy atom. The summed E-state index contributed by atoms with van der Waals surface area (Å²) in [6.07, 6.45) is 2.18. The van der Waals surface area contributed by atoms with E-state index in [0.29, 0.717) is 17.5 Å². The Bertz CT molecular complexity index is 1160. The molecule has 0 saturated heterocycles. The van der Waals surface area contributed by atoms with E-state index in [1.807, 2.05) is 12.1 Å². The van der Waals surface area contributed by atoms with Crippen LogP contribution in [0.2, 0.25) is 0 Å². The van der Waals surface area contributed by atoms with Gasteiger partial charge in [0.1, 0.15) is 5.75 Å². The molecule has 7 heteroatoms. The molecule has 0 amide bonds. The van der Waals surface area contributed by atoms with Crippen molar-refractivity contribution in [3.05, 3.63) is 58.8 Å². The first-order valence-electron chi connectivity index (χ1n) is 9.20. The van der Waals surface area contributed by atoms with Crippen LogP contribution in [0.25, 0.3) is 10.9 Å². The summed E-state index contributed by atoms with van der Waals surface area (Å²) in [5.41, 5.74) is 3.78. The number of fused-ring (bicyclic) bond motifs is 3. The maximum Gasteiger partial charge on any atom is 0.241 e. The van der Waals surface area contributed by atoms with Crippen molar-refractivity contribution in [1.82, 2.24) is 9.71 Å². The van der Waals surface area contributed by atoms with Crippen LogP contribution < -0.4 is 9.46 Å². The lowest BCUT2D eigenvalue weighted by Crippen LogP contribution is -2.24. The smallest absolute Gasteiger partial charge is 0.241 e. The molecule has 146 valence electrons.